The highest BCUT2D eigenvalue weighted by atomic mass is 35.5. The van der Waals surface area contributed by atoms with Gasteiger partial charge < -0.3 is 15.8 Å². The van der Waals surface area contributed by atoms with E-state index in [0.717, 1.165) is 17.9 Å². The maximum absolute atomic E-state index is 6.21. The number of hydrogen-bond acceptors (Lipinski definition) is 3. The molecule has 112 valence electrons. The number of nitrogens with two attached hydrogens (primary N) is 1. The summed E-state index contributed by atoms with van der Waals surface area (Å²) in [6, 6.07) is 15.7. The van der Waals surface area contributed by atoms with E-state index in [4.69, 9.17) is 22.1 Å². The molecule has 0 fully saturated rings. The zero-order valence-electron chi connectivity index (χ0n) is 12.4. The zero-order chi connectivity index (χ0) is 15.3. The highest BCUT2D eigenvalue weighted by molar-refractivity contribution is 6.33. The van der Waals surface area contributed by atoms with E-state index in [0.29, 0.717) is 11.6 Å². The molecule has 0 saturated carbocycles. The van der Waals surface area contributed by atoms with Crippen molar-refractivity contribution in [2.75, 3.05) is 19.0 Å². The lowest BCUT2D eigenvalue weighted by molar-refractivity contribution is 0.414. The number of methoxy groups -OCH3 is 1. The van der Waals surface area contributed by atoms with Crippen LogP contribution in [0.15, 0.2) is 48.5 Å². The van der Waals surface area contributed by atoms with Gasteiger partial charge in [-0.15, -0.1) is 0 Å². The van der Waals surface area contributed by atoms with Crippen LogP contribution < -0.4 is 15.8 Å². The minimum absolute atomic E-state index is 0.264. The summed E-state index contributed by atoms with van der Waals surface area (Å²) in [5.41, 5.74) is 7.82. The summed E-state index contributed by atoms with van der Waals surface area (Å²) < 4.78 is 5.18. The van der Waals surface area contributed by atoms with Gasteiger partial charge in [-0.2, -0.15) is 0 Å². The molecule has 21 heavy (non-hydrogen) atoms. The fourth-order valence-electron chi connectivity index (χ4n) is 2.25. The van der Waals surface area contributed by atoms with Gasteiger partial charge in [0.1, 0.15) is 5.75 Å². The van der Waals surface area contributed by atoms with E-state index in [9.17, 15) is 0 Å². The van der Waals surface area contributed by atoms with E-state index in [2.05, 4.69) is 24.4 Å². The molecule has 0 aliphatic carbocycles. The minimum Gasteiger partial charge on any atom is -0.497 e. The summed E-state index contributed by atoms with van der Waals surface area (Å²) in [4.78, 5) is 0. The van der Waals surface area contributed by atoms with E-state index in [1.807, 2.05) is 36.4 Å². The third kappa shape index (κ3) is 4.13. The van der Waals surface area contributed by atoms with E-state index in [1.165, 1.54) is 5.56 Å². The molecule has 3 nitrogen and oxygen atoms in total. The molecule has 0 saturated heterocycles. The van der Waals surface area contributed by atoms with Crippen molar-refractivity contribution in [1.29, 1.82) is 0 Å². The van der Waals surface area contributed by atoms with E-state index in [1.54, 1.807) is 7.11 Å². The molecule has 2 aromatic carbocycles. The van der Waals surface area contributed by atoms with Crippen molar-refractivity contribution in [3.63, 3.8) is 0 Å². The van der Waals surface area contributed by atoms with Crippen molar-refractivity contribution in [3.8, 4) is 5.75 Å². The smallest absolute Gasteiger partial charge is 0.118 e. The fourth-order valence-corrected chi connectivity index (χ4v) is 2.43. The van der Waals surface area contributed by atoms with Crippen molar-refractivity contribution in [3.05, 3.63) is 59.1 Å². The Hall–Kier alpha value is -1.71. The summed E-state index contributed by atoms with van der Waals surface area (Å²) in [7, 11) is 1.66. The van der Waals surface area contributed by atoms with Crippen LogP contribution in [0.4, 0.5) is 5.69 Å². The van der Waals surface area contributed by atoms with E-state index in [-0.39, 0.29) is 5.54 Å². The summed E-state index contributed by atoms with van der Waals surface area (Å²) in [6.07, 6.45) is 0.804. The maximum atomic E-state index is 6.21. The van der Waals surface area contributed by atoms with Crippen molar-refractivity contribution < 1.29 is 4.74 Å². The summed E-state index contributed by atoms with van der Waals surface area (Å²) in [6.45, 7) is 2.60. The molecular formula is C17H21ClN2O. The number of rotatable bonds is 6. The molecule has 0 bridgehead atoms. The summed E-state index contributed by atoms with van der Waals surface area (Å²) in [5, 5.41) is 4.16. The number of hydrogen-bond donors (Lipinski definition) is 2. The molecule has 0 heterocycles. The third-order valence-corrected chi connectivity index (χ3v) is 3.84. The normalized spacial score (nSPS) is 13.5. The molecule has 0 aromatic heterocycles. The van der Waals surface area contributed by atoms with Crippen LogP contribution in [0.3, 0.4) is 0 Å². The number of anilines is 1. The quantitative estimate of drug-likeness (QED) is 0.855. The number of halogens is 1. The van der Waals surface area contributed by atoms with Gasteiger partial charge in [-0.1, -0.05) is 35.9 Å². The van der Waals surface area contributed by atoms with Gasteiger partial charge in [-0.25, -0.2) is 0 Å². The van der Waals surface area contributed by atoms with Crippen molar-refractivity contribution >= 4 is 17.3 Å². The van der Waals surface area contributed by atoms with E-state index < -0.39 is 0 Å². The van der Waals surface area contributed by atoms with Crippen LogP contribution in [0.1, 0.15) is 12.5 Å². The second-order valence-corrected chi connectivity index (χ2v) is 5.80. The molecule has 0 aliphatic rings. The Balaban J connectivity index is 2.14. The van der Waals surface area contributed by atoms with Gasteiger partial charge in [-0.05, 0) is 43.2 Å². The predicted octanol–water partition coefficient (Wildman–Crippen LogP) is 3.72. The second kappa shape index (κ2) is 6.83. The van der Waals surface area contributed by atoms with Gasteiger partial charge in [0.05, 0.1) is 23.4 Å². The number of para-hydroxylation sites is 1. The highest BCUT2D eigenvalue weighted by Gasteiger charge is 2.23. The molecule has 2 aromatic rings. The molecule has 4 heteroatoms. The first kappa shape index (κ1) is 15.7. The first-order valence-corrected chi connectivity index (χ1v) is 7.30. The molecule has 2 rings (SSSR count). The van der Waals surface area contributed by atoms with Gasteiger partial charge in [0.15, 0.2) is 0 Å². The molecule has 1 unspecified atom stereocenters. The van der Waals surface area contributed by atoms with Crippen LogP contribution in [0.25, 0.3) is 0 Å². The van der Waals surface area contributed by atoms with Gasteiger partial charge in [-0.3, -0.25) is 0 Å². The SMILES string of the molecule is COc1ccc(CC(C)(CN)Nc2ccccc2Cl)cc1. The summed E-state index contributed by atoms with van der Waals surface area (Å²) >= 11 is 6.21. The summed E-state index contributed by atoms with van der Waals surface area (Å²) in [5.74, 6) is 0.854. The monoisotopic (exact) mass is 304 g/mol. The lowest BCUT2D eigenvalue weighted by Gasteiger charge is -2.31. The Labute approximate surface area is 131 Å². The first-order chi connectivity index (χ1) is 10.1. The van der Waals surface area contributed by atoms with Crippen LogP contribution in [0, 0.1) is 0 Å². The van der Waals surface area contributed by atoms with Gasteiger partial charge in [0, 0.05) is 6.54 Å². The first-order valence-electron chi connectivity index (χ1n) is 6.92. The number of ether oxygens (including phenoxy) is 1. The molecular weight excluding hydrogens is 284 g/mol. The van der Waals surface area contributed by atoms with Crippen LogP contribution in [-0.4, -0.2) is 19.2 Å². The minimum atomic E-state index is -0.264. The predicted molar refractivity (Wildman–Crippen MR) is 89.2 cm³/mol. The van der Waals surface area contributed by atoms with Crippen LogP contribution >= 0.6 is 11.6 Å². The molecule has 3 N–H and O–H groups in total. The average molecular weight is 305 g/mol. The third-order valence-electron chi connectivity index (χ3n) is 3.51. The van der Waals surface area contributed by atoms with Crippen LogP contribution in [0.5, 0.6) is 5.75 Å². The van der Waals surface area contributed by atoms with Gasteiger partial charge in [0.25, 0.3) is 0 Å². The van der Waals surface area contributed by atoms with Crippen LogP contribution in [0.2, 0.25) is 5.02 Å². The average Bonchev–Trinajstić information content (AvgIpc) is 2.50. The number of benzene rings is 2. The highest BCUT2D eigenvalue weighted by Crippen LogP contribution is 2.26. The van der Waals surface area contributed by atoms with Crippen LogP contribution in [-0.2, 0) is 6.42 Å². The standard InChI is InChI=1S/C17H21ClN2O/c1-17(12-19,20-16-6-4-3-5-15(16)18)11-13-7-9-14(21-2)10-8-13/h3-10,20H,11-12,19H2,1-2H3. The molecule has 0 radical (unpaired) electrons. The van der Waals surface area contributed by atoms with Crippen molar-refractivity contribution in [1.82, 2.24) is 0 Å². The van der Waals surface area contributed by atoms with Gasteiger partial charge in [0.2, 0.25) is 0 Å². The Morgan fingerprint density at radius 2 is 1.81 bits per heavy atom. The second-order valence-electron chi connectivity index (χ2n) is 5.39. The Morgan fingerprint density at radius 3 is 2.38 bits per heavy atom. The molecule has 0 spiro atoms. The molecule has 0 aliphatic heterocycles. The topological polar surface area (TPSA) is 47.3 Å². The number of nitrogens with one attached hydrogen (secondary N) is 1. The Kier molecular flexibility index (Phi) is 5.10. The van der Waals surface area contributed by atoms with Crippen molar-refractivity contribution in [2.45, 2.75) is 18.9 Å². The maximum Gasteiger partial charge on any atom is 0.118 e. The Bertz CT molecular complexity index is 586. The lowest BCUT2D eigenvalue weighted by Crippen LogP contribution is -2.44. The van der Waals surface area contributed by atoms with Gasteiger partial charge >= 0.3 is 0 Å². The van der Waals surface area contributed by atoms with Crippen molar-refractivity contribution in [2.24, 2.45) is 5.73 Å². The molecule has 0 amide bonds. The lowest BCUT2D eigenvalue weighted by atomic mass is 9.92. The zero-order valence-corrected chi connectivity index (χ0v) is 13.2. The Morgan fingerprint density at radius 1 is 1.14 bits per heavy atom. The van der Waals surface area contributed by atoms with E-state index >= 15 is 0 Å². The largest absolute Gasteiger partial charge is 0.497 e. The fraction of sp³-hybridized carbons (Fsp3) is 0.294. The molecule has 1 atom stereocenters.